The molecular formula is C26H31N5O3. The number of H-pyrrole nitrogens is 1. The fraction of sp³-hybridized carbons (Fsp3) is 0.462. The van der Waals surface area contributed by atoms with Crippen LogP contribution in [-0.4, -0.2) is 44.5 Å². The van der Waals surface area contributed by atoms with Crippen LogP contribution in [0.3, 0.4) is 0 Å². The summed E-state index contributed by atoms with van der Waals surface area (Å²) in [6.07, 6.45) is 11.0. The van der Waals surface area contributed by atoms with Gasteiger partial charge in [-0.2, -0.15) is 0 Å². The lowest BCUT2D eigenvalue weighted by atomic mass is 9.99. The lowest BCUT2D eigenvalue weighted by molar-refractivity contribution is 0.101. The Balaban J connectivity index is 1.42. The van der Waals surface area contributed by atoms with Gasteiger partial charge in [-0.25, -0.2) is 4.98 Å². The lowest BCUT2D eigenvalue weighted by Crippen LogP contribution is -2.43. The molecule has 1 aliphatic carbocycles. The number of amides is 1. The summed E-state index contributed by atoms with van der Waals surface area (Å²) in [5.41, 5.74) is 1.03. The van der Waals surface area contributed by atoms with E-state index in [1.54, 1.807) is 4.57 Å². The third kappa shape index (κ3) is 4.68. The highest BCUT2D eigenvalue weighted by Gasteiger charge is 2.29. The van der Waals surface area contributed by atoms with Crippen molar-refractivity contribution in [1.29, 1.82) is 0 Å². The van der Waals surface area contributed by atoms with E-state index in [0.29, 0.717) is 17.2 Å². The zero-order chi connectivity index (χ0) is 23.5. The molecule has 0 unspecified atom stereocenters. The van der Waals surface area contributed by atoms with E-state index in [-0.39, 0.29) is 22.9 Å². The van der Waals surface area contributed by atoms with Crippen LogP contribution >= 0.6 is 0 Å². The highest BCUT2D eigenvalue weighted by atomic mass is 16.2. The van der Waals surface area contributed by atoms with Gasteiger partial charge < -0.3 is 19.8 Å². The minimum Gasteiger partial charge on any atom is -0.327 e. The molecule has 3 aromatic rings. The van der Waals surface area contributed by atoms with Crippen molar-refractivity contribution >= 4 is 22.6 Å². The number of hydrogen-bond acceptors (Lipinski definition) is 5. The first-order valence-corrected chi connectivity index (χ1v) is 12.4. The van der Waals surface area contributed by atoms with Gasteiger partial charge in [0.05, 0.1) is 16.7 Å². The van der Waals surface area contributed by atoms with Crippen LogP contribution in [0.4, 0.5) is 5.69 Å². The second kappa shape index (κ2) is 9.93. The third-order valence-electron chi connectivity index (χ3n) is 7.26. The van der Waals surface area contributed by atoms with E-state index in [4.69, 9.17) is 0 Å². The Morgan fingerprint density at radius 3 is 2.35 bits per heavy atom. The summed E-state index contributed by atoms with van der Waals surface area (Å²) in [6, 6.07) is 11.0. The molecule has 2 N–H and O–H groups in total. The SMILES string of the molecule is O=C(Nc1ccc(=O)[nH]c1)c1nc2ccccc2n(C2CCN(C3CCCCCC3)CC2)c1=O. The average molecular weight is 462 g/mol. The number of rotatable bonds is 4. The predicted molar refractivity (Wildman–Crippen MR) is 132 cm³/mol. The van der Waals surface area contributed by atoms with Gasteiger partial charge in [-0.15, -0.1) is 0 Å². The van der Waals surface area contributed by atoms with Gasteiger partial charge in [0.15, 0.2) is 5.69 Å². The molecule has 1 amide bonds. The molecule has 2 aromatic heterocycles. The van der Waals surface area contributed by atoms with Crippen LogP contribution in [0.15, 0.2) is 52.2 Å². The molecule has 2 aliphatic rings. The van der Waals surface area contributed by atoms with E-state index in [9.17, 15) is 14.4 Å². The number of fused-ring (bicyclic) bond motifs is 1. The summed E-state index contributed by atoms with van der Waals surface area (Å²) in [4.78, 5) is 47.4. The first-order valence-electron chi connectivity index (χ1n) is 12.4. The van der Waals surface area contributed by atoms with Crippen molar-refractivity contribution in [3.8, 4) is 0 Å². The number of piperidine rings is 1. The summed E-state index contributed by atoms with van der Waals surface area (Å²) >= 11 is 0. The normalized spacial score (nSPS) is 18.6. The molecule has 2 fully saturated rings. The summed E-state index contributed by atoms with van der Waals surface area (Å²) in [5.74, 6) is -0.576. The Labute approximate surface area is 198 Å². The molecule has 5 rings (SSSR count). The van der Waals surface area contributed by atoms with Crippen LogP contribution in [0, 0.1) is 0 Å². The number of pyridine rings is 1. The molecule has 178 valence electrons. The number of nitrogens with zero attached hydrogens (tertiary/aromatic N) is 3. The summed E-state index contributed by atoms with van der Waals surface area (Å²) in [7, 11) is 0. The van der Waals surface area contributed by atoms with Gasteiger partial charge in [0.1, 0.15) is 0 Å². The van der Waals surface area contributed by atoms with Gasteiger partial charge in [0, 0.05) is 37.4 Å². The predicted octanol–water partition coefficient (Wildman–Crippen LogP) is 3.70. The average Bonchev–Trinajstić information content (AvgIpc) is 3.15. The Kier molecular flexibility index (Phi) is 6.58. The van der Waals surface area contributed by atoms with Crippen LogP contribution in [-0.2, 0) is 0 Å². The van der Waals surface area contributed by atoms with Gasteiger partial charge in [-0.05, 0) is 43.9 Å². The van der Waals surface area contributed by atoms with E-state index < -0.39 is 5.91 Å². The smallest absolute Gasteiger partial charge is 0.282 e. The number of benzene rings is 1. The van der Waals surface area contributed by atoms with Crippen molar-refractivity contribution < 1.29 is 4.79 Å². The Hall–Kier alpha value is -3.26. The number of carbonyl (C=O) groups is 1. The van der Waals surface area contributed by atoms with Crippen molar-refractivity contribution in [3.63, 3.8) is 0 Å². The number of para-hydroxylation sites is 2. The fourth-order valence-electron chi connectivity index (χ4n) is 5.48. The number of aromatic amines is 1. The van der Waals surface area contributed by atoms with E-state index in [0.717, 1.165) is 31.4 Å². The second-order valence-electron chi connectivity index (χ2n) is 9.43. The maximum absolute atomic E-state index is 13.6. The topological polar surface area (TPSA) is 100 Å². The maximum atomic E-state index is 13.6. The second-order valence-corrected chi connectivity index (χ2v) is 9.43. The monoisotopic (exact) mass is 461 g/mol. The minimum atomic E-state index is -0.576. The summed E-state index contributed by atoms with van der Waals surface area (Å²) < 4.78 is 1.79. The number of likely N-dealkylation sites (tertiary alicyclic amines) is 1. The molecular weight excluding hydrogens is 430 g/mol. The number of hydrogen-bond donors (Lipinski definition) is 2. The van der Waals surface area contributed by atoms with Gasteiger partial charge in [-0.1, -0.05) is 37.8 Å². The summed E-state index contributed by atoms with van der Waals surface area (Å²) in [5, 5.41) is 2.68. The number of anilines is 1. The van der Waals surface area contributed by atoms with Crippen LogP contribution in [0.1, 0.15) is 67.9 Å². The van der Waals surface area contributed by atoms with Gasteiger partial charge >= 0.3 is 0 Å². The van der Waals surface area contributed by atoms with E-state index >= 15 is 0 Å². The summed E-state index contributed by atoms with van der Waals surface area (Å²) in [6.45, 7) is 1.94. The fourth-order valence-corrected chi connectivity index (χ4v) is 5.48. The van der Waals surface area contributed by atoms with Crippen molar-refractivity contribution in [2.24, 2.45) is 0 Å². The van der Waals surface area contributed by atoms with Gasteiger partial charge in [0.2, 0.25) is 5.56 Å². The molecule has 0 spiro atoms. The quantitative estimate of drug-likeness (QED) is 0.577. The van der Waals surface area contributed by atoms with Crippen LogP contribution in [0.25, 0.3) is 11.0 Å². The zero-order valence-corrected chi connectivity index (χ0v) is 19.3. The van der Waals surface area contributed by atoms with Gasteiger partial charge in [-0.3, -0.25) is 14.4 Å². The third-order valence-corrected chi connectivity index (χ3v) is 7.26. The highest BCUT2D eigenvalue weighted by molar-refractivity contribution is 6.03. The molecule has 8 heteroatoms. The number of aromatic nitrogens is 3. The molecule has 3 heterocycles. The molecule has 0 atom stereocenters. The molecule has 1 saturated carbocycles. The number of nitrogens with one attached hydrogen (secondary N) is 2. The van der Waals surface area contributed by atoms with Crippen molar-refractivity contribution in [3.05, 3.63) is 69.0 Å². The number of carbonyl (C=O) groups excluding carboxylic acids is 1. The first kappa shape index (κ1) is 22.5. The van der Waals surface area contributed by atoms with Crippen molar-refractivity contribution in [2.75, 3.05) is 18.4 Å². The van der Waals surface area contributed by atoms with Crippen molar-refractivity contribution in [2.45, 2.75) is 63.5 Å². The van der Waals surface area contributed by atoms with Gasteiger partial charge in [0.25, 0.3) is 11.5 Å². The van der Waals surface area contributed by atoms with E-state index in [1.165, 1.54) is 56.9 Å². The Morgan fingerprint density at radius 2 is 1.65 bits per heavy atom. The van der Waals surface area contributed by atoms with Crippen LogP contribution in [0.2, 0.25) is 0 Å². The highest BCUT2D eigenvalue weighted by Crippen LogP contribution is 2.29. The van der Waals surface area contributed by atoms with E-state index in [1.807, 2.05) is 24.3 Å². The van der Waals surface area contributed by atoms with Crippen molar-refractivity contribution in [1.82, 2.24) is 19.4 Å². The Morgan fingerprint density at radius 1 is 0.912 bits per heavy atom. The zero-order valence-electron chi connectivity index (χ0n) is 19.3. The first-order chi connectivity index (χ1) is 16.6. The molecule has 0 bridgehead atoms. The molecule has 1 aromatic carbocycles. The van der Waals surface area contributed by atoms with Crippen LogP contribution in [0.5, 0.6) is 0 Å². The lowest BCUT2D eigenvalue weighted by Gasteiger charge is -2.38. The standard InChI is InChI=1S/C26H31N5O3/c32-23-12-11-18(17-27-23)28-25(33)24-26(34)31(22-10-6-5-9-21(22)29-24)20-13-15-30(16-14-20)19-7-3-1-2-4-8-19/h5-6,9-12,17,19-20H,1-4,7-8,13-16H2,(H,27,32)(H,28,33). The molecule has 8 nitrogen and oxygen atoms in total. The maximum Gasteiger partial charge on any atom is 0.282 e. The largest absolute Gasteiger partial charge is 0.327 e. The minimum absolute atomic E-state index is 0.0297. The molecule has 0 radical (unpaired) electrons. The van der Waals surface area contributed by atoms with Crippen LogP contribution < -0.4 is 16.4 Å². The Bertz CT molecular complexity index is 1260. The molecule has 34 heavy (non-hydrogen) atoms. The molecule has 1 saturated heterocycles. The molecule has 1 aliphatic heterocycles. The van der Waals surface area contributed by atoms with E-state index in [2.05, 4.69) is 20.2 Å².